The van der Waals surface area contributed by atoms with Gasteiger partial charge in [0.1, 0.15) is 0 Å². The van der Waals surface area contributed by atoms with Crippen LogP contribution in [0.1, 0.15) is 24.2 Å². The highest BCUT2D eigenvalue weighted by Gasteiger charge is 2.20. The molecule has 0 aliphatic heterocycles. The van der Waals surface area contributed by atoms with E-state index < -0.39 is 5.97 Å². The molecule has 0 bridgehead atoms. The molecule has 1 heterocycles. The molecule has 0 atom stereocenters. The highest BCUT2D eigenvalue weighted by Crippen LogP contribution is 2.19. The van der Waals surface area contributed by atoms with Crippen LogP contribution < -0.4 is 5.32 Å². The number of carboxylic acid groups (broad SMARTS) is 1. The van der Waals surface area contributed by atoms with Crippen molar-refractivity contribution in [2.24, 2.45) is 0 Å². The summed E-state index contributed by atoms with van der Waals surface area (Å²) in [6.45, 7) is 4.32. The van der Waals surface area contributed by atoms with Crippen molar-refractivity contribution in [2.45, 2.75) is 19.4 Å². The molecule has 1 aromatic heterocycles. The summed E-state index contributed by atoms with van der Waals surface area (Å²) in [6, 6.07) is 1.47. The van der Waals surface area contributed by atoms with Crippen LogP contribution in [0.4, 0.5) is 5.69 Å². The molecule has 0 saturated carbocycles. The van der Waals surface area contributed by atoms with E-state index in [2.05, 4.69) is 10.3 Å². The molecule has 0 spiro atoms. The molecular weight excluding hydrogens is 208 g/mol. The Morgan fingerprint density at radius 3 is 2.88 bits per heavy atom. The van der Waals surface area contributed by atoms with Crippen LogP contribution in [0.3, 0.4) is 0 Å². The van der Waals surface area contributed by atoms with E-state index in [1.165, 1.54) is 18.5 Å². The van der Waals surface area contributed by atoms with Crippen LogP contribution in [-0.2, 0) is 4.74 Å². The zero-order chi connectivity index (χ0) is 12.2. The SMILES string of the molecule is COCC(C)(C)Nc1cnccc1C(=O)O. The molecule has 0 saturated heterocycles. The number of nitrogens with one attached hydrogen (secondary N) is 1. The van der Waals surface area contributed by atoms with E-state index in [1.807, 2.05) is 13.8 Å². The Hall–Kier alpha value is -1.62. The first-order valence-corrected chi connectivity index (χ1v) is 4.91. The molecular formula is C11H16N2O3. The van der Waals surface area contributed by atoms with Crippen LogP contribution in [0.15, 0.2) is 18.5 Å². The van der Waals surface area contributed by atoms with Crippen molar-refractivity contribution in [3.63, 3.8) is 0 Å². The molecule has 0 unspecified atom stereocenters. The fourth-order valence-corrected chi connectivity index (χ4v) is 1.44. The second-order valence-corrected chi connectivity index (χ2v) is 4.17. The maximum Gasteiger partial charge on any atom is 0.337 e. The number of nitrogens with zero attached hydrogens (tertiary/aromatic N) is 1. The Morgan fingerprint density at radius 2 is 2.31 bits per heavy atom. The number of carbonyl (C=O) groups is 1. The van der Waals surface area contributed by atoms with E-state index in [4.69, 9.17) is 9.84 Å². The average Bonchev–Trinajstić information content (AvgIpc) is 2.17. The molecule has 1 aromatic rings. The monoisotopic (exact) mass is 224 g/mol. The molecule has 16 heavy (non-hydrogen) atoms. The number of aromatic carboxylic acids is 1. The first-order chi connectivity index (χ1) is 7.46. The molecule has 2 N–H and O–H groups in total. The van der Waals surface area contributed by atoms with E-state index >= 15 is 0 Å². The first-order valence-electron chi connectivity index (χ1n) is 4.91. The van der Waals surface area contributed by atoms with Crippen molar-refractivity contribution < 1.29 is 14.6 Å². The molecule has 1 rings (SSSR count). The third kappa shape index (κ3) is 3.20. The molecule has 0 radical (unpaired) electrons. The molecule has 88 valence electrons. The lowest BCUT2D eigenvalue weighted by atomic mass is 10.1. The lowest BCUT2D eigenvalue weighted by molar-refractivity contribution is 0.0697. The summed E-state index contributed by atoms with van der Waals surface area (Å²) in [5, 5.41) is 12.1. The second kappa shape index (κ2) is 4.94. The van der Waals surface area contributed by atoms with Crippen molar-refractivity contribution in [1.29, 1.82) is 0 Å². The minimum Gasteiger partial charge on any atom is -0.478 e. The van der Waals surface area contributed by atoms with Crippen LogP contribution >= 0.6 is 0 Å². The number of rotatable bonds is 5. The second-order valence-electron chi connectivity index (χ2n) is 4.17. The van der Waals surface area contributed by atoms with E-state index in [9.17, 15) is 4.79 Å². The quantitative estimate of drug-likeness (QED) is 0.795. The summed E-state index contributed by atoms with van der Waals surface area (Å²) >= 11 is 0. The Bertz CT molecular complexity index is 377. The highest BCUT2D eigenvalue weighted by atomic mass is 16.5. The third-order valence-corrected chi connectivity index (χ3v) is 2.03. The molecule has 0 aliphatic rings. The summed E-state index contributed by atoms with van der Waals surface area (Å²) in [5.41, 5.74) is 0.360. The van der Waals surface area contributed by atoms with Gasteiger partial charge in [-0.1, -0.05) is 0 Å². The summed E-state index contributed by atoms with van der Waals surface area (Å²) in [5.74, 6) is -0.974. The standard InChI is InChI=1S/C11H16N2O3/c1-11(2,7-16-3)13-9-6-12-5-4-8(9)10(14)15/h4-6,13H,7H2,1-3H3,(H,14,15). The van der Waals surface area contributed by atoms with Crippen molar-refractivity contribution in [2.75, 3.05) is 19.0 Å². The molecule has 5 heteroatoms. The topological polar surface area (TPSA) is 71.5 Å². The zero-order valence-electron chi connectivity index (χ0n) is 9.65. The number of carboxylic acids is 1. The summed E-state index contributed by atoms with van der Waals surface area (Å²) < 4.78 is 5.05. The Balaban J connectivity index is 2.92. The largest absolute Gasteiger partial charge is 0.478 e. The molecule has 5 nitrogen and oxygen atoms in total. The van der Waals surface area contributed by atoms with E-state index in [0.29, 0.717) is 12.3 Å². The third-order valence-electron chi connectivity index (χ3n) is 2.03. The zero-order valence-corrected chi connectivity index (χ0v) is 9.65. The van der Waals surface area contributed by atoms with Gasteiger partial charge in [0.05, 0.1) is 29.6 Å². The van der Waals surface area contributed by atoms with Gasteiger partial charge in [-0.25, -0.2) is 4.79 Å². The lowest BCUT2D eigenvalue weighted by Crippen LogP contribution is -2.36. The van der Waals surface area contributed by atoms with Gasteiger partial charge in [-0.3, -0.25) is 4.98 Å². The number of anilines is 1. The van der Waals surface area contributed by atoms with Crippen LogP contribution in [-0.4, -0.2) is 35.3 Å². The number of hydrogen-bond acceptors (Lipinski definition) is 4. The Morgan fingerprint density at radius 1 is 1.62 bits per heavy atom. The Kier molecular flexibility index (Phi) is 3.84. The van der Waals surface area contributed by atoms with Gasteiger partial charge in [-0.2, -0.15) is 0 Å². The number of methoxy groups -OCH3 is 1. The number of ether oxygens (including phenoxy) is 1. The maximum atomic E-state index is 11.0. The maximum absolute atomic E-state index is 11.0. The van der Waals surface area contributed by atoms with Gasteiger partial charge in [0.25, 0.3) is 0 Å². The predicted molar refractivity (Wildman–Crippen MR) is 60.8 cm³/mol. The van der Waals surface area contributed by atoms with Gasteiger partial charge in [0.2, 0.25) is 0 Å². The first kappa shape index (κ1) is 12.4. The van der Waals surface area contributed by atoms with Crippen LogP contribution in [0.5, 0.6) is 0 Å². The molecule has 0 amide bonds. The lowest BCUT2D eigenvalue weighted by Gasteiger charge is -2.27. The summed E-state index contributed by atoms with van der Waals surface area (Å²) in [4.78, 5) is 14.9. The van der Waals surface area contributed by atoms with Gasteiger partial charge in [-0.05, 0) is 19.9 Å². The normalized spacial score (nSPS) is 11.2. The van der Waals surface area contributed by atoms with Gasteiger partial charge >= 0.3 is 5.97 Å². The molecule has 0 fully saturated rings. The van der Waals surface area contributed by atoms with Crippen molar-refractivity contribution >= 4 is 11.7 Å². The smallest absolute Gasteiger partial charge is 0.337 e. The van der Waals surface area contributed by atoms with E-state index in [1.54, 1.807) is 7.11 Å². The summed E-state index contributed by atoms with van der Waals surface area (Å²) in [7, 11) is 1.60. The predicted octanol–water partition coefficient (Wildman–Crippen LogP) is 1.62. The van der Waals surface area contributed by atoms with Crippen LogP contribution in [0.25, 0.3) is 0 Å². The minimum absolute atomic E-state index is 0.208. The fourth-order valence-electron chi connectivity index (χ4n) is 1.44. The average molecular weight is 224 g/mol. The highest BCUT2D eigenvalue weighted by molar-refractivity contribution is 5.93. The van der Waals surface area contributed by atoms with Crippen LogP contribution in [0, 0.1) is 0 Å². The fraction of sp³-hybridized carbons (Fsp3) is 0.455. The van der Waals surface area contributed by atoms with Crippen molar-refractivity contribution in [3.05, 3.63) is 24.0 Å². The van der Waals surface area contributed by atoms with Crippen molar-refractivity contribution in [1.82, 2.24) is 4.98 Å². The summed E-state index contributed by atoms with van der Waals surface area (Å²) in [6.07, 6.45) is 2.96. The van der Waals surface area contributed by atoms with Gasteiger partial charge in [0.15, 0.2) is 0 Å². The van der Waals surface area contributed by atoms with Gasteiger partial charge in [0, 0.05) is 13.3 Å². The number of pyridine rings is 1. The van der Waals surface area contributed by atoms with Crippen molar-refractivity contribution in [3.8, 4) is 0 Å². The van der Waals surface area contributed by atoms with Crippen LogP contribution in [0.2, 0.25) is 0 Å². The molecule has 0 aliphatic carbocycles. The minimum atomic E-state index is -0.974. The number of aromatic nitrogens is 1. The Labute approximate surface area is 94.5 Å². The van der Waals surface area contributed by atoms with Gasteiger partial charge in [-0.15, -0.1) is 0 Å². The molecule has 0 aromatic carbocycles. The van der Waals surface area contributed by atoms with Gasteiger partial charge < -0.3 is 15.2 Å². The van der Waals surface area contributed by atoms with E-state index in [0.717, 1.165) is 0 Å². The number of hydrogen-bond donors (Lipinski definition) is 2. The van der Waals surface area contributed by atoms with E-state index in [-0.39, 0.29) is 11.1 Å².